The molecular weight excluding hydrogens is 450 g/mol. The second kappa shape index (κ2) is 8.77. The third-order valence-electron chi connectivity index (χ3n) is 4.42. The maximum absolute atomic E-state index is 12.7. The summed E-state index contributed by atoms with van der Waals surface area (Å²) in [5.74, 6) is -3.52. The number of aromatic nitrogens is 1. The van der Waals surface area contributed by atoms with E-state index in [9.17, 15) is 24.3 Å². The number of nitrogens with zero attached hydrogens (tertiary/aromatic N) is 3. The molecule has 1 aromatic rings. The number of carboxylic acid groups (broad SMARTS) is 1. The Morgan fingerprint density at radius 2 is 2.13 bits per heavy atom. The van der Waals surface area contributed by atoms with E-state index in [4.69, 9.17) is 5.73 Å². The standard InChI is InChI=1S/C17H17N5O7S2/c1-6(16(27)28-2)7-4-30-14-10(13(24)22(14)11(7)15(25)26)20-12(23)9(21-29-3)8-5-31-17(18)19-8/h5,10,14H,1,4H2,2-3H3,(H2,18,19)(H,20,23)(H,25,26)/b21-9-/t10-,14-/m1/s1. The van der Waals surface area contributed by atoms with Gasteiger partial charge in [-0.05, 0) is 0 Å². The third kappa shape index (κ3) is 3.98. The number of fused-ring (bicyclic) bond motifs is 1. The smallest absolute Gasteiger partial charge is 0.352 e. The van der Waals surface area contributed by atoms with Crippen molar-refractivity contribution < 1.29 is 33.9 Å². The van der Waals surface area contributed by atoms with Crippen molar-refractivity contribution in [3.63, 3.8) is 0 Å². The monoisotopic (exact) mass is 467 g/mol. The van der Waals surface area contributed by atoms with Crippen LogP contribution in [0.25, 0.3) is 0 Å². The highest BCUT2D eigenvalue weighted by atomic mass is 32.2. The van der Waals surface area contributed by atoms with E-state index in [1.807, 2.05) is 0 Å². The number of thioether (sulfide) groups is 1. The number of nitrogen functional groups attached to an aromatic ring is 1. The molecule has 2 amide bonds. The van der Waals surface area contributed by atoms with Gasteiger partial charge in [0.1, 0.15) is 29.9 Å². The summed E-state index contributed by atoms with van der Waals surface area (Å²) in [5.41, 5.74) is 5.14. The van der Waals surface area contributed by atoms with E-state index in [0.717, 1.165) is 23.3 Å². The van der Waals surface area contributed by atoms with Crippen LogP contribution in [-0.2, 0) is 28.8 Å². The zero-order valence-corrected chi connectivity index (χ0v) is 17.9. The predicted molar refractivity (Wildman–Crippen MR) is 111 cm³/mol. The maximum atomic E-state index is 12.7. The number of carbonyl (C=O) groups is 4. The largest absolute Gasteiger partial charge is 0.477 e. The Labute approximate surface area is 183 Å². The minimum absolute atomic E-state index is 0.0814. The summed E-state index contributed by atoms with van der Waals surface area (Å²) in [5, 5.41) is 16.8. The molecule has 2 atom stereocenters. The Balaban J connectivity index is 1.83. The van der Waals surface area contributed by atoms with E-state index >= 15 is 0 Å². The molecule has 1 aromatic heterocycles. The number of amides is 2. The highest BCUT2D eigenvalue weighted by molar-refractivity contribution is 8.00. The number of hydrogen-bond donors (Lipinski definition) is 3. The lowest BCUT2D eigenvalue weighted by atomic mass is 9.99. The van der Waals surface area contributed by atoms with Crippen LogP contribution in [0.15, 0.2) is 34.0 Å². The molecular formula is C17H17N5O7S2. The van der Waals surface area contributed by atoms with E-state index in [2.05, 4.69) is 31.6 Å². The van der Waals surface area contributed by atoms with Crippen LogP contribution >= 0.6 is 23.1 Å². The molecule has 0 spiro atoms. The molecule has 0 unspecified atom stereocenters. The summed E-state index contributed by atoms with van der Waals surface area (Å²) in [4.78, 5) is 58.7. The molecule has 0 bridgehead atoms. The van der Waals surface area contributed by atoms with Crippen LogP contribution in [0.3, 0.4) is 0 Å². The lowest BCUT2D eigenvalue weighted by Crippen LogP contribution is -2.71. The maximum Gasteiger partial charge on any atom is 0.352 e. The fourth-order valence-corrected chi connectivity index (χ4v) is 4.93. The number of carbonyl (C=O) groups excluding carboxylic acids is 3. The average Bonchev–Trinajstić information content (AvgIpc) is 3.18. The van der Waals surface area contributed by atoms with Gasteiger partial charge in [0.05, 0.1) is 12.7 Å². The lowest BCUT2D eigenvalue weighted by Gasteiger charge is -2.49. The number of nitrogens with two attached hydrogens (primary N) is 1. The molecule has 12 nitrogen and oxygen atoms in total. The second-order valence-electron chi connectivity index (χ2n) is 6.16. The molecule has 0 saturated carbocycles. The number of methoxy groups -OCH3 is 1. The number of carboxylic acids is 1. The fourth-order valence-electron chi connectivity index (χ4n) is 3.00. The number of nitrogens with one attached hydrogen (secondary N) is 1. The van der Waals surface area contributed by atoms with Gasteiger partial charge in [-0.15, -0.1) is 23.1 Å². The number of β-lactam (4-membered cyclic amide) rings is 1. The van der Waals surface area contributed by atoms with Crippen molar-refractivity contribution in [3.05, 3.63) is 34.5 Å². The van der Waals surface area contributed by atoms with Crippen molar-refractivity contribution in [1.29, 1.82) is 0 Å². The summed E-state index contributed by atoms with van der Waals surface area (Å²) < 4.78 is 4.59. The second-order valence-corrected chi connectivity index (χ2v) is 8.15. The van der Waals surface area contributed by atoms with E-state index in [1.54, 1.807) is 0 Å². The van der Waals surface area contributed by atoms with E-state index < -0.39 is 35.2 Å². The topological polar surface area (TPSA) is 174 Å². The molecule has 2 aliphatic heterocycles. The molecule has 3 rings (SSSR count). The van der Waals surface area contributed by atoms with Crippen LogP contribution in [-0.4, -0.2) is 75.8 Å². The van der Waals surface area contributed by atoms with Gasteiger partial charge in [-0.25, -0.2) is 14.6 Å². The SMILES string of the molecule is C=C(C(=O)OC)C1=C(C(=O)O)N2C(=O)[C@@H](NC(=O)/C(=N\OC)c3csc(N)n3)[C@H]2SC1. The van der Waals surface area contributed by atoms with E-state index in [-0.39, 0.29) is 39.1 Å². The first-order valence-electron chi connectivity index (χ1n) is 8.53. The van der Waals surface area contributed by atoms with Crippen LogP contribution in [0.1, 0.15) is 5.69 Å². The predicted octanol–water partition coefficient (Wildman–Crippen LogP) is -0.456. The molecule has 0 aromatic carbocycles. The molecule has 4 N–H and O–H groups in total. The van der Waals surface area contributed by atoms with E-state index in [0.29, 0.717) is 0 Å². The molecule has 3 heterocycles. The summed E-state index contributed by atoms with van der Waals surface area (Å²) in [6.07, 6.45) is 0. The molecule has 1 fully saturated rings. The Morgan fingerprint density at radius 1 is 1.42 bits per heavy atom. The Kier molecular flexibility index (Phi) is 6.31. The van der Waals surface area contributed by atoms with Gasteiger partial charge in [0, 0.05) is 16.7 Å². The fraction of sp³-hybridized carbons (Fsp3) is 0.294. The highest BCUT2D eigenvalue weighted by Gasteiger charge is 2.55. The lowest BCUT2D eigenvalue weighted by molar-refractivity contribution is -0.150. The van der Waals surface area contributed by atoms with Crippen LogP contribution in [0.2, 0.25) is 0 Å². The van der Waals surface area contributed by atoms with Crippen molar-refractivity contribution in [1.82, 2.24) is 15.2 Å². The van der Waals surface area contributed by atoms with Gasteiger partial charge in [0.15, 0.2) is 10.8 Å². The molecule has 31 heavy (non-hydrogen) atoms. The molecule has 2 aliphatic rings. The van der Waals surface area contributed by atoms with Gasteiger partial charge in [-0.1, -0.05) is 11.7 Å². The van der Waals surface area contributed by atoms with Gasteiger partial charge >= 0.3 is 11.9 Å². The summed E-state index contributed by atoms with van der Waals surface area (Å²) >= 11 is 2.27. The van der Waals surface area contributed by atoms with E-state index in [1.165, 1.54) is 24.3 Å². The zero-order chi connectivity index (χ0) is 22.9. The number of anilines is 1. The Hall–Kier alpha value is -3.39. The van der Waals surface area contributed by atoms with Crippen LogP contribution in [0, 0.1) is 0 Å². The van der Waals surface area contributed by atoms with Crippen LogP contribution < -0.4 is 11.1 Å². The van der Waals surface area contributed by atoms with Crippen molar-refractivity contribution >= 4 is 57.7 Å². The average molecular weight is 467 g/mol. The number of esters is 1. The quantitative estimate of drug-likeness (QED) is 0.157. The number of aliphatic carboxylic acids is 1. The molecule has 0 aliphatic carbocycles. The van der Waals surface area contributed by atoms with Gasteiger partial charge in [-0.2, -0.15) is 0 Å². The first kappa shape index (κ1) is 22.3. The molecule has 164 valence electrons. The minimum Gasteiger partial charge on any atom is -0.477 e. The van der Waals surface area contributed by atoms with Gasteiger partial charge in [0.25, 0.3) is 11.8 Å². The first-order valence-corrected chi connectivity index (χ1v) is 10.5. The normalized spacial score (nSPS) is 20.5. The number of oxime groups is 1. The summed E-state index contributed by atoms with van der Waals surface area (Å²) in [7, 11) is 2.39. The number of hydrogen-bond acceptors (Lipinski definition) is 11. The van der Waals surface area contributed by atoms with Crippen LogP contribution in [0.4, 0.5) is 5.13 Å². The van der Waals surface area contributed by atoms with Crippen molar-refractivity contribution in [2.45, 2.75) is 11.4 Å². The number of ether oxygens (including phenoxy) is 1. The van der Waals surface area contributed by atoms with Crippen LogP contribution in [0.5, 0.6) is 0 Å². The van der Waals surface area contributed by atoms with Crippen molar-refractivity contribution in [2.24, 2.45) is 5.16 Å². The zero-order valence-electron chi connectivity index (χ0n) is 16.3. The summed E-state index contributed by atoms with van der Waals surface area (Å²) in [6.45, 7) is 3.57. The number of rotatable bonds is 7. The van der Waals surface area contributed by atoms with Crippen molar-refractivity contribution in [3.8, 4) is 0 Å². The third-order valence-corrected chi connectivity index (χ3v) is 6.37. The highest BCUT2D eigenvalue weighted by Crippen LogP contribution is 2.42. The van der Waals surface area contributed by atoms with Gasteiger partial charge in [-0.3, -0.25) is 14.5 Å². The Morgan fingerprint density at radius 3 is 2.68 bits per heavy atom. The molecule has 1 saturated heterocycles. The van der Waals surface area contributed by atoms with Gasteiger partial charge < -0.3 is 25.7 Å². The number of thiazole rings is 1. The van der Waals surface area contributed by atoms with Gasteiger partial charge in [0.2, 0.25) is 0 Å². The minimum atomic E-state index is -1.40. The summed E-state index contributed by atoms with van der Waals surface area (Å²) in [6, 6.07) is -1.02. The molecule has 0 radical (unpaired) electrons. The van der Waals surface area contributed by atoms with Crippen molar-refractivity contribution in [2.75, 3.05) is 25.7 Å². The Bertz CT molecular complexity index is 1050. The first-order chi connectivity index (χ1) is 14.7. The molecule has 14 heteroatoms.